The molecule has 0 saturated carbocycles. The molecule has 1 fully saturated rings. The summed E-state index contributed by atoms with van der Waals surface area (Å²) >= 11 is 0. The second-order valence-corrected chi connectivity index (χ2v) is 8.10. The number of fused-ring (bicyclic) bond motifs is 1. The number of carbonyl (C=O) groups is 1. The summed E-state index contributed by atoms with van der Waals surface area (Å²) in [5, 5.41) is 4.22. The Balaban J connectivity index is 1.19. The number of allylic oxidation sites excluding steroid dienone is 1. The van der Waals surface area contributed by atoms with Crippen molar-refractivity contribution in [2.45, 2.75) is 26.3 Å². The van der Waals surface area contributed by atoms with Gasteiger partial charge in [0.15, 0.2) is 11.6 Å². The number of Topliss-reactive ketones (excluding diaryl/α,β-unsaturated/α-hetero) is 1. The highest BCUT2D eigenvalue weighted by atomic mass is 16.1. The van der Waals surface area contributed by atoms with E-state index in [0.29, 0.717) is 6.42 Å². The molecule has 0 amide bonds. The molecule has 4 heterocycles. The molecule has 1 saturated heterocycles. The number of ketones is 1. The molecule has 0 spiro atoms. The third-order valence-corrected chi connectivity index (χ3v) is 6.07. The summed E-state index contributed by atoms with van der Waals surface area (Å²) in [7, 11) is 0. The van der Waals surface area contributed by atoms with E-state index in [1.54, 1.807) is 10.9 Å². The summed E-state index contributed by atoms with van der Waals surface area (Å²) in [6.45, 7) is 6.77. The summed E-state index contributed by atoms with van der Waals surface area (Å²) in [4.78, 5) is 26.2. The monoisotopic (exact) mass is 414 g/mol. The van der Waals surface area contributed by atoms with Crippen LogP contribution in [0.3, 0.4) is 0 Å². The number of hydrogen-bond donors (Lipinski definition) is 0. The number of rotatable bonds is 5. The standard InChI is InChI=1S/C24H26N6O/c1-2-19-13-22-20(14-23(19)31)12-18(15-25-22)17-28-8-10-29(11-9-28)21-4-5-24(26-16-21)30-7-3-6-27-30/h3-7,12-13,15-16H,2,8-11,14,17H2,1H3. The highest BCUT2D eigenvalue weighted by Gasteiger charge is 2.21. The second kappa shape index (κ2) is 8.43. The molecule has 158 valence electrons. The zero-order valence-electron chi connectivity index (χ0n) is 17.7. The number of carbonyl (C=O) groups excluding carboxylic acids is 1. The number of piperazine rings is 1. The second-order valence-electron chi connectivity index (χ2n) is 8.10. The van der Waals surface area contributed by atoms with Gasteiger partial charge in [0.1, 0.15) is 0 Å². The molecular weight excluding hydrogens is 388 g/mol. The van der Waals surface area contributed by atoms with Gasteiger partial charge in [0.05, 0.1) is 17.6 Å². The minimum atomic E-state index is 0.231. The van der Waals surface area contributed by atoms with E-state index >= 15 is 0 Å². The Morgan fingerprint density at radius 2 is 1.94 bits per heavy atom. The lowest BCUT2D eigenvalue weighted by atomic mass is 9.92. The maximum Gasteiger partial charge on any atom is 0.163 e. The van der Waals surface area contributed by atoms with Gasteiger partial charge >= 0.3 is 0 Å². The highest BCUT2D eigenvalue weighted by molar-refractivity contribution is 6.03. The third kappa shape index (κ3) is 4.14. The van der Waals surface area contributed by atoms with Crippen LogP contribution in [0.1, 0.15) is 30.2 Å². The zero-order valence-corrected chi connectivity index (χ0v) is 17.7. The summed E-state index contributed by atoms with van der Waals surface area (Å²) in [6, 6.07) is 8.17. The number of nitrogens with zero attached hydrogens (tertiary/aromatic N) is 6. The first-order valence-corrected chi connectivity index (χ1v) is 10.8. The summed E-state index contributed by atoms with van der Waals surface area (Å²) in [5.41, 5.74) is 5.22. The molecule has 0 N–H and O–H groups in total. The van der Waals surface area contributed by atoms with Crippen LogP contribution in [-0.4, -0.2) is 56.6 Å². The van der Waals surface area contributed by atoms with E-state index in [1.807, 2.05) is 43.7 Å². The van der Waals surface area contributed by atoms with E-state index in [9.17, 15) is 4.79 Å². The third-order valence-electron chi connectivity index (χ3n) is 6.07. The van der Waals surface area contributed by atoms with Gasteiger partial charge in [-0.1, -0.05) is 13.0 Å². The molecule has 0 aromatic carbocycles. The van der Waals surface area contributed by atoms with Crippen LogP contribution in [0.4, 0.5) is 5.69 Å². The number of anilines is 1. The first-order valence-electron chi connectivity index (χ1n) is 10.8. The van der Waals surface area contributed by atoms with Gasteiger partial charge in [0, 0.05) is 57.7 Å². The average molecular weight is 415 g/mol. The number of hydrogen-bond acceptors (Lipinski definition) is 6. The van der Waals surface area contributed by atoms with E-state index < -0.39 is 0 Å². The van der Waals surface area contributed by atoms with Crippen LogP contribution in [0, 0.1) is 0 Å². The van der Waals surface area contributed by atoms with Crippen molar-refractivity contribution in [2.24, 2.45) is 0 Å². The Labute approximate surface area is 182 Å². The lowest BCUT2D eigenvalue weighted by molar-refractivity contribution is -0.115. The first-order chi connectivity index (χ1) is 15.2. The maximum atomic E-state index is 12.2. The van der Waals surface area contributed by atoms with Crippen molar-refractivity contribution < 1.29 is 4.79 Å². The van der Waals surface area contributed by atoms with Crippen LogP contribution in [0.15, 0.2) is 54.6 Å². The van der Waals surface area contributed by atoms with Gasteiger partial charge < -0.3 is 4.90 Å². The largest absolute Gasteiger partial charge is 0.368 e. The van der Waals surface area contributed by atoms with Gasteiger partial charge in [0.2, 0.25) is 0 Å². The molecule has 3 aromatic heterocycles. The SMILES string of the molecule is CCC1=Cc2ncc(CN3CCN(c4ccc(-n5cccn5)nc4)CC3)cc2CC1=O. The molecule has 3 aromatic rings. The topological polar surface area (TPSA) is 67.2 Å². The molecule has 7 heteroatoms. The smallest absolute Gasteiger partial charge is 0.163 e. The van der Waals surface area contributed by atoms with Crippen molar-refractivity contribution in [3.63, 3.8) is 0 Å². The predicted molar refractivity (Wildman–Crippen MR) is 120 cm³/mol. The van der Waals surface area contributed by atoms with E-state index in [2.05, 4.69) is 37.0 Å². The average Bonchev–Trinajstić information content (AvgIpc) is 3.34. The summed E-state index contributed by atoms with van der Waals surface area (Å²) in [6.07, 6.45) is 10.7. The molecule has 1 aliphatic carbocycles. The van der Waals surface area contributed by atoms with Gasteiger partial charge in [-0.25, -0.2) is 9.67 Å². The Kier molecular flexibility index (Phi) is 5.34. The number of pyridine rings is 2. The molecule has 1 aliphatic heterocycles. The van der Waals surface area contributed by atoms with Gasteiger partial charge in [-0.3, -0.25) is 14.7 Å². The van der Waals surface area contributed by atoms with Crippen LogP contribution in [0.25, 0.3) is 11.9 Å². The van der Waals surface area contributed by atoms with Crippen LogP contribution in [0.2, 0.25) is 0 Å². The Hall–Kier alpha value is -3.32. The summed E-state index contributed by atoms with van der Waals surface area (Å²) < 4.78 is 1.76. The van der Waals surface area contributed by atoms with Crippen molar-refractivity contribution in [1.29, 1.82) is 0 Å². The minimum absolute atomic E-state index is 0.231. The molecule has 0 radical (unpaired) electrons. The van der Waals surface area contributed by atoms with E-state index in [1.165, 1.54) is 5.56 Å². The van der Waals surface area contributed by atoms with Gasteiger partial charge in [-0.05, 0) is 47.4 Å². The quantitative estimate of drug-likeness (QED) is 0.640. The maximum absolute atomic E-state index is 12.2. The Morgan fingerprint density at radius 1 is 1.06 bits per heavy atom. The minimum Gasteiger partial charge on any atom is -0.368 e. The van der Waals surface area contributed by atoms with Crippen LogP contribution < -0.4 is 4.90 Å². The molecule has 5 rings (SSSR count). The van der Waals surface area contributed by atoms with Gasteiger partial charge in [-0.15, -0.1) is 0 Å². The van der Waals surface area contributed by atoms with Crippen molar-refractivity contribution in [3.05, 3.63) is 71.4 Å². The van der Waals surface area contributed by atoms with Crippen molar-refractivity contribution in [1.82, 2.24) is 24.6 Å². The van der Waals surface area contributed by atoms with E-state index in [4.69, 9.17) is 0 Å². The molecule has 31 heavy (non-hydrogen) atoms. The van der Waals surface area contributed by atoms with Crippen LogP contribution in [0.5, 0.6) is 0 Å². The molecular formula is C24H26N6O. The molecule has 7 nitrogen and oxygen atoms in total. The molecule has 0 atom stereocenters. The first kappa shape index (κ1) is 19.6. The zero-order chi connectivity index (χ0) is 21.2. The van der Waals surface area contributed by atoms with E-state index in [-0.39, 0.29) is 5.78 Å². The van der Waals surface area contributed by atoms with Crippen molar-refractivity contribution in [3.8, 4) is 5.82 Å². The van der Waals surface area contributed by atoms with Crippen LogP contribution >= 0.6 is 0 Å². The molecule has 0 bridgehead atoms. The van der Waals surface area contributed by atoms with Gasteiger partial charge in [-0.2, -0.15) is 5.10 Å². The highest BCUT2D eigenvalue weighted by Crippen LogP contribution is 2.23. The lowest BCUT2D eigenvalue weighted by Gasteiger charge is -2.36. The fourth-order valence-electron chi connectivity index (χ4n) is 4.29. The Bertz CT molecular complexity index is 1100. The van der Waals surface area contributed by atoms with Gasteiger partial charge in [0.25, 0.3) is 0 Å². The predicted octanol–water partition coefficient (Wildman–Crippen LogP) is 2.90. The van der Waals surface area contributed by atoms with E-state index in [0.717, 1.165) is 67.5 Å². The fraction of sp³-hybridized carbons (Fsp3) is 0.333. The van der Waals surface area contributed by atoms with Crippen LogP contribution in [-0.2, 0) is 17.8 Å². The normalized spacial score (nSPS) is 16.9. The fourth-order valence-corrected chi connectivity index (χ4v) is 4.29. The Morgan fingerprint density at radius 3 is 2.65 bits per heavy atom. The van der Waals surface area contributed by atoms with Crippen molar-refractivity contribution >= 4 is 17.5 Å². The number of aromatic nitrogens is 4. The molecule has 0 unspecified atom stereocenters. The van der Waals surface area contributed by atoms with Crippen molar-refractivity contribution in [2.75, 3.05) is 31.1 Å². The summed E-state index contributed by atoms with van der Waals surface area (Å²) in [5.74, 6) is 1.06. The molecule has 2 aliphatic rings. The lowest BCUT2D eigenvalue weighted by Crippen LogP contribution is -2.46.